The van der Waals surface area contributed by atoms with Gasteiger partial charge in [-0.25, -0.2) is 0 Å². The number of amides is 1. The van der Waals surface area contributed by atoms with Crippen LogP contribution in [0, 0.1) is 5.92 Å². The average Bonchev–Trinajstić information content (AvgIpc) is 2.37. The summed E-state index contributed by atoms with van der Waals surface area (Å²) in [5.41, 5.74) is 6.85. The molecule has 0 aromatic heterocycles. The van der Waals surface area contributed by atoms with Crippen LogP contribution in [0.25, 0.3) is 0 Å². The largest absolute Gasteiger partial charge is 0.326 e. The number of nitrogens with two attached hydrogens (primary N) is 1. The Balaban J connectivity index is 1.87. The number of nitrogens with zero attached hydrogens (tertiary/aromatic N) is 1. The molecule has 2 unspecified atom stereocenters. The molecule has 1 aromatic carbocycles. The molecule has 19 heavy (non-hydrogen) atoms. The van der Waals surface area contributed by atoms with Crippen LogP contribution in [0.2, 0.25) is 0 Å². The SMILES string of the molecule is CC1CCN(CC(=O)Nc2ccccc2Br)CC1N. The van der Waals surface area contributed by atoms with Crippen LogP contribution in [-0.4, -0.2) is 36.5 Å². The molecule has 1 aromatic rings. The molecule has 1 aliphatic heterocycles. The predicted molar refractivity (Wildman–Crippen MR) is 81.0 cm³/mol. The summed E-state index contributed by atoms with van der Waals surface area (Å²) in [7, 11) is 0. The quantitative estimate of drug-likeness (QED) is 0.894. The van der Waals surface area contributed by atoms with Crippen molar-refractivity contribution in [3.8, 4) is 0 Å². The van der Waals surface area contributed by atoms with Crippen LogP contribution in [0.4, 0.5) is 5.69 Å². The molecule has 3 N–H and O–H groups in total. The second kappa shape index (κ2) is 6.50. The first kappa shape index (κ1) is 14.5. The van der Waals surface area contributed by atoms with E-state index in [9.17, 15) is 4.79 Å². The van der Waals surface area contributed by atoms with Gasteiger partial charge in [0.2, 0.25) is 5.91 Å². The third-order valence-electron chi connectivity index (χ3n) is 3.62. The predicted octanol–water partition coefficient (Wildman–Crippen LogP) is 2.06. The van der Waals surface area contributed by atoms with Crippen molar-refractivity contribution in [3.63, 3.8) is 0 Å². The zero-order valence-electron chi connectivity index (χ0n) is 11.1. The van der Waals surface area contributed by atoms with E-state index in [4.69, 9.17) is 5.73 Å². The van der Waals surface area contributed by atoms with Crippen LogP contribution in [0.15, 0.2) is 28.7 Å². The van der Waals surface area contributed by atoms with Gasteiger partial charge in [-0.2, -0.15) is 0 Å². The molecule has 0 saturated carbocycles. The van der Waals surface area contributed by atoms with Crippen LogP contribution >= 0.6 is 15.9 Å². The van der Waals surface area contributed by atoms with E-state index in [0.29, 0.717) is 12.5 Å². The van der Waals surface area contributed by atoms with Gasteiger partial charge in [0.1, 0.15) is 0 Å². The standard InChI is InChI=1S/C14H20BrN3O/c1-10-6-7-18(8-12(10)16)9-14(19)17-13-5-3-2-4-11(13)15/h2-5,10,12H,6-9,16H2,1H3,(H,17,19). The van der Waals surface area contributed by atoms with Crippen LogP contribution in [0.3, 0.4) is 0 Å². The number of nitrogens with one attached hydrogen (secondary N) is 1. The summed E-state index contributed by atoms with van der Waals surface area (Å²) >= 11 is 3.42. The molecule has 104 valence electrons. The fraction of sp³-hybridized carbons (Fsp3) is 0.500. The number of para-hydroxylation sites is 1. The summed E-state index contributed by atoms with van der Waals surface area (Å²) in [6.45, 7) is 4.31. The third kappa shape index (κ3) is 4.03. The average molecular weight is 326 g/mol. The summed E-state index contributed by atoms with van der Waals surface area (Å²) in [6, 6.07) is 7.79. The molecule has 0 aliphatic carbocycles. The maximum absolute atomic E-state index is 12.0. The van der Waals surface area contributed by atoms with Crippen molar-refractivity contribution in [2.45, 2.75) is 19.4 Å². The topological polar surface area (TPSA) is 58.4 Å². The number of benzene rings is 1. The summed E-state index contributed by atoms with van der Waals surface area (Å²) < 4.78 is 0.896. The van der Waals surface area contributed by atoms with E-state index < -0.39 is 0 Å². The monoisotopic (exact) mass is 325 g/mol. The van der Waals surface area contributed by atoms with Gasteiger partial charge in [-0.3, -0.25) is 9.69 Å². The molecule has 1 aliphatic rings. The van der Waals surface area contributed by atoms with E-state index in [-0.39, 0.29) is 11.9 Å². The fourth-order valence-corrected chi connectivity index (χ4v) is 2.65. The molecule has 1 fully saturated rings. The first-order chi connectivity index (χ1) is 9.06. The summed E-state index contributed by atoms with van der Waals surface area (Å²) in [5, 5.41) is 2.92. The van der Waals surface area contributed by atoms with Gasteiger partial charge in [0, 0.05) is 17.1 Å². The minimum atomic E-state index is 0.00801. The van der Waals surface area contributed by atoms with E-state index in [1.807, 2.05) is 24.3 Å². The Morgan fingerprint density at radius 3 is 2.95 bits per heavy atom. The first-order valence-electron chi connectivity index (χ1n) is 6.58. The molecule has 2 rings (SSSR count). The smallest absolute Gasteiger partial charge is 0.238 e. The Bertz CT molecular complexity index is 452. The lowest BCUT2D eigenvalue weighted by Crippen LogP contribution is -2.49. The summed E-state index contributed by atoms with van der Waals surface area (Å²) in [4.78, 5) is 14.1. The van der Waals surface area contributed by atoms with E-state index in [1.54, 1.807) is 0 Å². The number of rotatable bonds is 3. The summed E-state index contributed by atoms with van der Waals surface area (Å²) in [6.07, 6.45) is 1.06. The minimum Gasteiger partial charge on any atom is -0.326 e. The highest BCUT2D eigenvalue weighted by molar-refractivity contribution is 9.10. The molecule has 1 saturated heterocycles. The number of hydrogen-bond donors (Lipinski definition) is 2. The molecule has 1 amide bonds. The molecule has 0 bridgehead atoms. The molecule has 0 spiro atoms. The van der Waals surface area contributed by atoms with Crippen molar-refractivity contribution in [3.05, 3.63) is 28.7 Å². The second-order valence-corrected chi connectivity index (χ2v) is 6.05. The van der Waals surface area contributed by atoms with Crippen LogP contribution < -0.4 is 11.1 Å². The van der Waals surface area contributed by atoms with Gasteiger partial charge >= 0.3 is 0 Å². The zero-order chi connectivity index (χ0) is 13.8. The molecular weight excluding hydrogens is 306 g/mol. The van der Waals surface area contributed by atoms with Crippen molar-refractivity contribution in [1.29, 1.82) is 0 Å². The lowest BCUT2D eigenvalue weighted by atomic mass is 9.94. The number of hydrogen-bond acceptors (Lipinski definition) is 3. The van der Waals surface area contributed by atoms with Crippen molar-refractivity contribution >= 4 is 27.5 Å². The number of piperidine rings is 1. The van der Waals surface area contributed by atoms with E-state index in [0.717, 1.165) is 29.7 Å². The van der Waals surface area contributed by atoms with Crippen LogP contribution in [-0.2, 0) is 4.79 Å². The van der Waals surface area contributed by atoms with E-state index >= 15 is 0 Å². The molecular formula is C14H20BrN3O. The van der Waals surface area contributed by atoms with Gasteiger partial charge in [0.25, 0.3) is 0 Å². The van der Waals surface area contributed by atoms with Gasteiger partial charge < -0.3 is 11.1 Å². The Morgan fingerprint density at radius 1 is 1.53 bits per heavy atom. The Morgan fingerprint density at radius 2 is 2.26 bits per heavy atom. The molecule has 4 nitrogen and oxygen atoms in total. The van der Waals surface area contributed by atoms with E-state index in [2.05, 4.69) is 33.1 Å². The van der Waals surface area contributed by atoms with Gasteiger partial charge in [-0.15, -0.1) is 0 Å². The normalized spacial score (nSPS) is 24.2. The fourth-order valence-electron chi connectivity index (χ4n) is 2.27. The molecule has 5 heteroatoms. The molecule has 0 radical (unpaired) electrons. The van der Waals surface area contributed by atoms with Crippen molar-refractivity contribution in [2.75, 3.05) is 25.0 Å². The number of carbonyl (C=O) groups is 1. The maximum Gasteiger partial charge on any atom is 0.238 e. The van der Waals surface area contributed by atoms with E-state index in [1.165, 1.54) is 0 Å². The minimum absolute atomic E-state index is 0.00801. The Hall–Kier alpha value is -0.910. The first-order valence-corrected chi connectivity index (χ1v) is 7.38. The zero-order valence-corrected chi connectivity index (χ0v) is 12.7. The van der Waals surface area contributed by atoms with Crippen molar-refractivity contribution < 1.29 is 4.79 Å². The van der Waals surface area contributed by atoms with Gasteiger partial charge in [-0.05, 0) is 46.9 Å². The van der Waals surface area contributed by atoms with Crippen LogP contribution in [0.1, 0.15) is 13.3 Å². The Labute approximate surface area is 122 Å². The summed E-state index contributed by atoms with van der Waals surface area (Å²) in [5.74, 6) is 0.552. The lowest BCUT2D eigenvalue weighted by Gasteiger charge is -2.34. The van der Waals surface area contributed by atoms with Gasteiger partial charge in [0.15, 0.2) is 0 Å². The lowest BCUT2D eigenvalue weighted by molar-refractivity contribution is -0.117. The van der Waals surface area contributed by atoms with Gasteiger partial charge in [0.05, 0.1) is 12.2 Å². The Kier molecular flexibility index (Phi) is 4.96. The van der Waals surface area contributed by atoms with Crippen molar-refractivity contribution in [1.82, 2.24) is 4.90 Å². The third-order valence-corrected chi connectivity index (χ3v) is 4.31. The second-order valence-electron chi connectivity index (χ2n) is 5.19. The van der Waals surface area contributed by atoms with Crippen LogP contribution in [0.5, 0.6) is 0 Å². The number of carbonyl (C=O) groups excluding carboxylic acids is 1. The maximum atomic E-state index is 12.0. The number of halogens is 1. The highest BCUT2D eigenvalue weighted by Crippen LogP contribution is 2.21. The highest BCUT2D eigenvalue weighted by atomic mass is 79.9. The number of anilines is 1. The highest BCUT2D eigenvalue weighted by Gasteiger charge is 2.24. The number of likely N-dealkylation sites (tertiary alicyclic amines) is 1. The molecule has 1 heterocycles. The van der Waals surface area contributed by atoms with Gasteiger partial charge in [-0.1, -0.05) is 19.1 Å². The molecule has 2 atom stereocenters. The van der Waals surface area contributed by atoms with Crippen molar-refractivity contribution in [2.24, 2.45) is 11.7 Å².